The quantitative estimate of drug-likeness (QED) is 0.850. The van der Waals surface area contributed by atoms with Gasteiger partial charge in [0.05, 0.1) is 6.61 Å². The molecule has 23 heavy (non-hydrogen) atoms. The van der Waals surface area contributed by atoms with Gasteiger partial charge in [-0.1, -0.05) is 30.3 Å². The van der Waals surface area contributed by atoms with Crippen molar-refractivity contribution in [3.63, 3.8) is 0 Å². The lowest BCUT2D eigenvalue weighted by molar-refractivity contribution is -0.128. The highest BCUT2D eigenvalue weighted by Crippen LogP contribution is 2.34. The number of hydrogen-bond acceptors (Lipinski definition) is 3. The largest absolute Gasteiger partial charge is 0.493 e. The maximum atomic E-state index is 13.0. The highest BCUT2D eigenvalue weighted by Gasteiger charge is 2.34. The number of nitrogens with zero attached hydrogens (tertiary/aromatic N) is 1. The summed E-state index contributed by atoms with van der Waals surface area (Å²) in [5.41, 5.74) is 1.67. The Morgan fingerprint density at radius 2 is 1.96 bits per heavy atom. The number of benzene rings is 2. The Morgan fingerprint density at radius 3 is 2.70 bits per heavy atom. The van der Waals surface area contributed by atoms with Crippen LogP contribution in [0, 0.1) is 5.82 Å². The minimum Gasteiger partial charge on any atom is -0.493 e. The van der Waals surface area contributed by atoms with Gasteiger partial charge in [0.15, 0.2) is 6.23 Å². The number of ether oxygens (including phenoxy) is 2. The zero-order valence-electron chi connectivity index (χ0n) is 12.9. The molecule has 0 aliphatic carbocycles. The molecule has 0 spiro atoms. The summed E-state index contributed by atoms with van der Waals surface area (Å²) >= 11 is 0. The molecule has 1 aliphatic heterocycles. The minimum atomic E-state index is -0.490. The predicted octanol–water partition coefficient (Wildman–Crippen LogP) is 3.28. The lowest BCUT2D eigenvalue weighted by atomic mass is 10.1. The van der Waals surface area contributed by atoms with Crippen LogP contribution in [0.5, 0.6) is 5.75 Å². The van der Waals surface area contributed by atoms with Crippen molar-refractivity contribution >= 4 is 5.91 Å². The Labute approximate surface area is 134 Å². The second-order valence-electron chi connectivity index (χ2n) is 5.28. The summed E-state index contributed by atoms with van der Waals surface area (Å²) < 4.78 is 24.3. The van der Waals surface area contributed by atoms with Crippen LogP contribution in [-0.4, -0.2) is 24.0 Å². The number of carbonyl (C=O) groups excluding carboxylic acids is 1. The van der Waals surface area contributed by atoms with Crippen molar-refractivity contribution in [1.82, 2.24) is 4.90 Å². The number of para-hydroxylation sites is 1. The van der Waals surface area contributed by atoms with Crippen molar-refractivity contribution in [1.29, 1.82) is 0 Å². The molecule has 1 aliphatic rings. The number of rotatable bonds is 5. The van der Waals surface area contributed by atoms with Gasteiger partial charge in [-0.3, -0.25) is 4.79 Å². The van der Waals surface area contributed by atoms with Crippen LogP contribution < -0.4 is 4.74 Å². The molecule has 0 aromatic heterocycles. The fourth-order valence-electron chi connectivity index (χ4n) is 2.64. The summed E-state index contributed by atoms with van der Waals surface area (Å²) in [6, 6.07) is 13.7. The molecular weight excluding hydrogens is 297 g/mol. The normalized spacial score (nSPS) is 17.6. The maximum absolute atomic E-state index is 13.0. The highest BCUT2D eigenvalue weighted by atomic mass is 19.1. The van der Waals surface area contributed by atoms with Crippen molar-refractivity contribution in [2.24, 2.45) is 0 Å². The monoisotopic (exact) mass is 315 g/mol. The Balaban J connectivity index is 1.86. The van der Waals surface area contributed by atoms with E-state index in [0.29, 0.717) is 18.9 Å². The van der Waals surface area contributed by atoms with Gasteiger partial charge in [0.25, 0.3) is 5.91 Å². The fraction of sp³-hybridized carbons (Fsp3) is 0.278. The third-order valence-corrected chi connectivity index (χ3v) is 3.72. The summed E-state index contributed by atoms with van der Waals surface area (Å²) in [5, 5.41) is 0. The first-order valence-electron chi connectivity index (χ1n) is 7.56. The van der Waals surface area contributed by atoms with Gasteiger partial charge in [0.1, 0.15) is 18.2 Å². The van der Waals surface area contributed by atoms with Crippen LogP contribution in [0.3, 0.4) is 0 Å². The fourth-order valence-corrected chi connectivity index (χ4v) is 2.64. The van der Waals surface area contributed by atoms with E-state index in [1.165, 1.54) is 12.1 Å². The van der Waals surface area contributed by atoms with Crippen molar-refractivity contribution < 1.29 is 18.7 Å². The second kappa shape index (κ2) is 6.79. The van der Waals surface area contributed by atoms with Crippen LogP contribution in [0.4, 0.5) is 4.39 Å². The Morgan fingerprint density at radius 1 is 1.22 bits per heavy atom. The second-order valence-corrected chi connectivity index (χ2v) is 5.28. The van der Waals surface area contributed by atoms with Crippen molar-refractivity contribution in [2.45, 2.75) is 19.7 Å². The Hall–Kier alpha value is -2.40. The van der Waals surface area contributed by atoms with Gasteiger partial charge in [-0.2, -0.15) is 0 Å². The molecule has 0 bridgehead atoms. The minimum absolute atomic E-state index is 0.0340. The average molecular weight is 315 g/mol. The molecule has 1 amide bonds. The van der Waals surface area contributed by atoms with E-state index in [0.717, 1.165) is 11.1 Å². The van der Waals surface area contributed by atoms with E-state index in [-0.39, 0.29) is 18.3 Å². The molecule has 1 atom stereocenters. The van der Waals surface area contributed by atoms with E-state index in [2.05, 4.69) is 0 Å². The number of halogens is 1. The third kappa shape index (κ3) is 3.35. The first kappa shape index (κ1) is 15.5. The lowest BCUT2D eigenvalue weighted by Crippen LogP contribution is -2.28. The maximum Gasteiger partial charge on any atom is 0.251 e. The van der Waals surface area contributed by atoms with Gasteiger partial charge < -0.3 is 14.4 Å². The Kier molecular flexibility index (Phi) is 4.57. The molecule has 1 saturated heterocycles. The van der Waals surface area contributed by atoms with E-state index < -0.39 is 6.23 Å². The molecule has 1 fully saturated rings. The SMILES string of the molecule is CCOc1ccccc1C1OCC(=O)N1Cc1ccc(F)cc1. The summed E-state index contributed by atoms with van der Waals surface area (Å²) in [4.78, 5) is 13.8. The molecule has 0 N–H and O–H groups in total. The Bertz CT molecular complexity index is 687. The smallest absolute Gasteiger partial charge is 0.251 e. The molecule has 5 heteroatoms. The molecule has 4 nitrogen and oxygen atoms in total. The molecule has 120 valence electrons. The molecular formula is C18H18FNO3. The zero-order valence-corrected chi connectivity index (χ0v) is 12.9. The van der Waals surface area contributed by atoms with E-state index in [1.807, 2.05) is 31.2 Å². The zero-order chi connectivity index (χ0) is 16.2. The summed E-state index contributed by atoms with van der Waals surface area (Å²) in [6.07, 6.45) is -0.490. The summed E-state index contributed by atoms with van der Waals surface area (Å²) in [6.45, 7) is 2.85. The molecule has 0 radical (unpaired) electrons. The molecule has 2 aromatic rings. The van der Waals surface area contributed by atoms with Gasteiger partial charge >= 0.3 is 0 Å². The molecule has 1 heterocycles. The lowest BCUT2D eigenvalue weighted by Gasteiger charge is -2.25. The first-order valence-corrected chi connectivity index (χ1v) is 7.56. The molecule has 2 aromatic carbocycles. The third-order valence-electron chi connectivity index (χ3n) is 3.72. The van der Waals surface area contributed by atoms with Crippen LogP contribution in [0.1, 0.15) is 24.3 Å². The van der Waals surface area contributed by atoms with Crippen molar-refractivity contribution in [2.75, 3.05) is 13.2 Å². The van der Waals surface area contributed by atoms with Gasteiger partial charge in [0.2, 0.25) is 0 Å². The highest BCUT2D eigenvalue weighted by molar-refractivity contribution is 5.79. The van der Waals surface area contributed by atoms with E-state index in [1.54, 1.807) is 17.0 Å². The summed E-state index contributed by atoms with van der Waals surface area (Å²) in [5.74, 6) is 0.320. The number of hydrogen-bond donors (Lipinski definition) is 0. The van der Waals surface area contributed by atoms with Crippen LogP contribution >= 0.6 is 0 Å². The van der Waals surface area contributed by atoms with Gasteiger partial charge in [-0.05, 0) is 30.7 Å². The van der Waals surface area contributed by atoms with Crippen LogP contribution in [0.15, 0.2) is 48.5 Å². The van der Waals surface area contributed by atoms with E-state index in [9.17, 15) is 9.18 Å². The van der Waals surface area contributed by atoms with Crippen molar-refractivity contribution in [3.8, 4) is 5.75 Å². The van der Waals surface area contributed by atoms with Gasteiger partial charge in [0, 0.05) is 12.1 Å². The topological polar surface area (TPSA) is 38.8 Å². The average Bonchev–Trinajstić information content (AvgIpc) is 2.91. The number of carbonyl (C=O) groups is 1. The molecule has 3 rings (SSSR count). The van der Waals surface area contributed by atoms with Crippen LogP contribution in [0.2, 0.25) is 0 Å². The standard InChI is InChI=1S/C18H18FNO3/c1-2-22-16-6-4-3-5-15(16)18-20(17(21)12-23-18)11-13-7-9-14(19)10-8-13/h3-10,18H,2,11-12H2,1H3. The van der Waals surface area contributed by atoms with E-state index in [4.69, 9.17) is 9.47 Å². The van der Waals surface area contributed by atoms with Gasteiger partial charge in [-0.25, -0.2) is 4.39 Å². The predicted molar refractivity (Wildman–Crippen MR) is 83.3 cm³/mol. The van der Waals surface area contributed by atoms with E-state index >= 15 is 0 Å². The molecule has 1 unspecified atom stereocenters. The van der Waals surface area contributed by atoms with Crippen LogP contribution in [0.25, 0.3) is 0 Å². The summed E-state index contributed by atoms with van der Waals surface area (Å²) in [7, 11) is 0. The van der Waals surface area contributed by atoms with Crippen molar-refractivity contribution in [3.05, 3.63) is 65.5 Å². The van der Waals surface area contributed by atoms with Crippen LogP contribution in [-0.2, 0) is 16.1 Å². The molecule has 0 saturated carbocycles. The first-order chi connectivity index (χ1) is 11.2. The van der Waals surface area contributed by atoms with Gasteiger partial charge in [-0.15, -0.1) is 0 Å². The number of amides is 1.